The fourth-order valence-corrected chi connectivity index (χ4v) is 3.43. The van der Waals surface area contributed by atoms with Crippen molar-refractivity contribution >= 4 is 22.5 Å². The Morgan fingerprint density at radius 3 is 2.59 bits per heavy atom. The van der Waals surface area contributed by atoms with Gasteiger partial charge in [0.05, 0.1) is 18.7 Å². The number of ether oxygens (including phenoxy) is 1. The molecule has 3 aromatic rings. The molecule has 27 heavy (non-hydrogen) atoms. The summed E-state index contributed by atoms with van der Waals surface area (Å²) in [5, 5.41) is 1.06. The highest BCUT2D eigenvalue weighted by molar-refractivity contribution is 5.94. The van der Waals surface area contributed by atoms with Crippen molar-refractivity contribution in [2.75, 3.05) is 36.6 Å². The van der Waals surface area contributed by atoms with E-state index in [1.807, 2.05) is 12.3 Å². The van der Waals surface area contributed by atoms with E-state index in [9.17, 15) is 0 Å². The largest absolute Gasteiger partial charge is 0.378 e. The van der Waals surface area contributed by atoms with Crippen LogP contribution in [0.3, 0.4) is 0 Å². The van der Waals surface area contributed by atoms with Crippen molar-refractivity contribution < 1.29 is 4.74 Å². The highest BCUT2D eigenvalue weighted by atomic mass is 16.5. The zero-order valence-electron chi connectivity index (χ0n) is 15.2. The first-order chi connectivity index (χ1) is 13.4. The summed E-state index contributed by atoms with van der Waals surface area (Å²) in [6.07, 6.45) is 4.33. The molecule has 1 saturated heterocycles. The Balaban J connectivity index is 1.41. The summed E-state index contributed by atoms with van der Waals surface area (Å²) in [5.74, 6) is 0.620. The van der Waals surface area contributed by atoms with Crippen molar-refractivity contribution in [2.45, 2.75) is 18.9 Å². The van der Waals surface area contributed by atoms with Crippen LogP contribution in [0.15, 0.2) is 48.7 Å². The van der Waals surface area contributed by atoms with Crippen LogP contribution < -0.4 is 15.8 Å². The van der Waals surface area contributed by atoms with Gasteiger partial charge in [0.1, 0.15) is 0 Å². The highest BCUT2D eigenvalue weighted by Crippen LogP contribution is 2.29. The van der Waals surface area contributed by atoms with E-state index in [0.29, 0.717) is 12.0 Å². The molecule has 0 unspecified atom stereocenters. The van der Waals surface area contributed by atoms with Gasteiger partial charge in [-0.3, -0.25) is 5.43 Å². The predicted molar refractivity (Wildman–Crippen MR) is 108 cm³/mol. The Hall–Kier alpha value is -2.70. The van der Waals surface area contributed by atoms with Gasteiger partial charge in [0.2, 0.25) is 5.95 Å². The maximum atomic E-state index is 5.44. The highest BCUT2D eigenvalue weighted by Gasteiger charge is 2.20. The maximum absolute atomic E-state index is 5.44. The number of hydrogen-bond acceptors (Lipinski definition) is 6. The normalized spacial score (nSPS) is 17.3. The zero-order valence-corrected chi connectivity index (χ0v) is 15.2. The van der Waals surface area contributed by atoms with Crippen molar-refractivity contribution in [2.24, 2.45) is 0 Å². The van der Waals surface area contributed by atoms with Gasteiger partial charge in [-0.25, -0.2) is 15.4 Å². The van der Waals surface area contributed by atoms with Gasteiger partial charge in [-0.2, -0.15) is 0 Å². The van der Waals surface area contributed by atoms with Crippen LogP contribution in [-0.4, -0.2) is 42.3 Å². The second-order valence-corrected chi connectivity index (χ2v) is 7.12. The lowest BCUT2D eigenvalue weighted by atomic mass is 10.0. The van der Waals surface area contributed by atoms with Crippen LogP contribution in [0.5, 0.6) is 0 Å². The van der Waals surface area contributed by atoms with Gasteiger partial charge in [-0.1, -0.05) is 24.3 Å². The molecule has 6 nitrogen and oxygen atoms in total. The second kappa shape index (κ2) is 7.13. The van der Waals surface area contributed by atoms with Gasteiger partial charge >= 0.3 is 0 Å². The first-order valence-electron chi connectivity index (χ1n) is 9.57. The molecule has 1 aromatic heterocycles. The molecule has 2 fully saturated rings. The summed E-state index contributed by atoms with van der Waals surface area (Å²) in [5.41, 5.74) is 10.9. The molecule has 2 aliphatic rings. The topological polar surface area (TPSA) is 62.3 Å². The van der Waals surface area contributed by atoms with Gasteiger partial charge in [-0.05, 0) is 42.2 Å². The van der Waals surface area contributed by atoms with Gasteiger partial charge in [-0.15, -0.1) is 0 Å². The second-order valence-electron chi connectivity index (χ2n) is 7.12. The van der Waals surface area contributed by atoms with Crippen molar-refractivity contribution in [1.29, 1.82) is 0 Å². The monoisotopic (exact) mass is 361 g/mol. The molecule has 2 aromatic carbocycles. The molecule has 6 heteroatoms. The third kappa shape index (κ3) is 3.59. The molecule has 2 N–H and O–H groups in total. The number of rotatable bonds is 5. The summed E-state index contributed by atoms with van der Waals surface area (Å²) in [7, 11) is 0. The minimum atomic E-state index is 0.556. The number of fused-ring (bicyclic) bond motifs is 1. The summed E-state index contributed by atoms with van der Waals surface area (Å²) in [4.78, 5) is 11.5. The van der Waals surface area contributed by atoms with Crippen LogP contribution in [0.1, 0.15) is 12.8 Å². The van der Waals surface area contributed by atoms with Crippen molar-refractivity contribution in [3.05, 3.63) is 48.7 Å². The molecular weight excluding hydrogens is 338 g/mol. The molecule has 138 valence electrons. The fraction of sp³-hybridized carbons (Fsp3) is 0.333. The van der Waals surface area contributed by atoms with E-state index >= 15 is 0 Å². The standard InChI is InChI=1S/C21H23N5O/c1-2-18(15-4-8-17(9-5-15)26-10-12-27-13-11-26)19-14-22-21(23-20(19)3-1)25-24-16-6-7-16/h1-5,8-9,14,16,24H,6-7,10-13H2,(H,22,23,25). The minimum Gasteiger partial charge on any atom is -0.378 e. The van der Waals surface area contributed by atoms with Crippen LogP contribution in [-0.2, 0) is 4.74 Å². The number of hydrazine groups is 1. The predicted octanol–water partition coefficient (Wildman–Crippen LogP) is 3.21. The molecule has 5 rings (SSSR count). The number of morpholine rings is 1. The first-order valence-corrected chi connectivity index (χ1v) is 9.57. The average molecular weight is 361 g/mol. The molecule has 0 spiro atoms. The number of nitrogens with zero attached hydrogens (tertiary/aromatic N) is 3. The van der Waals surface area contributed by atoms with Gasteiger partial charge < -0.3 is 9.64 Å². The van der Waals surface area contributed by atoms with E-state index in [1.165, 1.54) is 24.1 Å². The molecule has 1 aliphatic heterocycles. The number of nitrogens with one attached hydrogen (secondary N) is 2. The van der Waals surface area contributed by atoms with Crippen LogP contribution in [0, 0.1) is 0 Å². The molecule has 0 amide bonds. The van der Waals surface area contributed by atoms with E-state index in [1.54, 1.807) is 0 Å². The Kier molecular flexibility index (Phi) is 4.35. The van der Waals surface area contributed by atoms with Crippen molar-refractivity contribution in [3.8, 4) is 11.1 Å². The minimum absolute atomic E-state index is 0.556. The van der Waals surface area contributed by atoms with Crippen LogP contribution in [0.2, 0.25) is 0 Å². The smallest absolute Gasteiger partial charge is 0.237 e. The van der Waals surface area contributed by atoms with Crippen molar-refractivity contribution in [1.82, 2.24) is 15.4 Å². The maximum Gasteiger partial charge on any atom is 0.237 e. The zero-order chi connectivity index (χ0) is 18.1. The lowest BCUT2D eigenvalue weighted by Gasteiger charge is -2.29. The lowest BCUT2D eigenvalue weighted by Crippen LogP contribution is -2.36. The van der Waals surface area contributed by atoms with Crippen molar-refractivity contribution in [3.63, 3.8) is 0 Å². The summed E-state index contributed by atoms with van der Waals surface area (Å²) in [6, 6.07) is 15.5. The number of benzene rings is 2. The number of anilines is 2. The van der Waals surface area contributed by atoms with E-state index < -0.39 is 0 Å². The Bertz CT molecular complexity index is 933. The molecule has 1 saturated carbocycles. The van der Waals surface area contributed by atoms with Gasteiger partial charge in [0.15, 0.2) is 0 Å². The SMILES string of the molecule is c1cc(-c2ccc(N3CCOCC3)cc2)c2cnc(NNC3CC3)nc2c1. The Morgan fingerprint density at radius 1 is 1.00 bits per heavy atom. The number of hydrogen-bond donors (Lipinski definition) is 2. The first kappa shape index (κ1) is 16.5. The van der Waals surface area contributed by atoms with Crippen LogP contribution in [0.4, 0.5) is 11.6 Å². The molecule has 0 bridgehead atoms. The van der Waals surface area contributed by atoms with E-state index in [0.717, 1.165) is 42.8 Å². The van der Waals surface area contributed by atoms with Crippen LogP contribution in [0.25, 0.3) is 22.0 Å². The summed E-state index contributed by atoms with van der Waals surface area (Å²) >= 11 is 0. The van der Waals surface area contributed by atoms with Gasteiger partial charge in [0, 0.05) is 36.4 Å². The van der Waals surface area contributed by atoms with E-state index in [-0.39, 0.29) is 0 Å². The molecule has 0 radical (unpaired) electrons. The third-order valence-corrected chi connectivity index (χ3v) is 5.15. The molecular formula is C21H23N5O. The average Bonchev–Trinajstić information content (AvgIpc) is 3.57. The molecule has 0 atom stereocenters. The third-order valence-electron chi connectivity index (χ3n) is 5.15. The summed E-state index contributed by atoms with van der Waals surface area (Å²) in [6.45, 7) is 3.50. The van der Waals surface area contributed by atoms with Crippen LogP contribution >= 0.6 is 0 Å². The fourth-order valence-electron chi connectivity index (χ4n) is 3.43. The quantitative estimate of drug-likeness (QED) is 0.681. The van der Waals surface area contributed by atoms with E-state index in [4.69, 9.17) is 4.74 Å². The lowest BCUT2D eigenvalue weighted by molar-refractivity contribution is 0.122. The summed E-state index contributed by atoms with van der Waals surface area (Å²) < 4.78 is 5.44. The Morgan fingerprint density at radius 2 is 1.81 bits per heavy atom. The number of aromatic nitrogens is 2. The Labute approximate surface area is 158 Å². The van der Waals surface area contributed by atoms with E-state index in [2.05, 4.69) is 62.1 Å². The molecule has 1 aliphatic carbocycles. The molecule has 2 heterocycles. The van der Waals surface area contributed by atoms with Gasteiger partial charge in [0.25, 0.3) is 0 Å².